The van der Waals surface area contributed by atoms with Gasteiger partial charge in [0.1, 0.15) is 5.82 Å². The highest BCUT2D eigenvalue weighted by atomic mass is 32.1. The summed E-state index contributed by atoms with van der Waals surface area (Å²) in [5.41, 5.74) is 3.13. The monoisotopic (exact) mass is 439 g/mol. The number of carbonyl (C=O) groups is 1. The second-order valence-electron chi connectivity index (χ2n) is 7.82. The number of hydrogen-bond donors (Lipinski definition) is 1. The number of hydrogen-bond acceptors (Lipinski definition) is 4. The number of H-pyrrole nitrogens is 1. The van der Waals surface area contributed by atoms with Gasteiger partial charge in [-0.1, -0.05) is 29.8 Å². The van der Waals surface area contributed by atoms with Gasteiger partial charge in [-0.25, -0.2) is 4.39 Å². The van der Waals surface area contributed by atoms with E-state index < -0.39 is 0 Å². The van der Waals surface area contributed by atoms with Gasteiger partial charge in [0.2, 0.25) is 5.91 Å². The highest BCUT2D eigenvalue weighted by molar-refractivity contribution is 7.71. The molecule has 31 heavy (non-hydrogen) atoms. The summed E-state index contributed by atoms with van der Waals surface area (Å²) in [5.74, 6) is 0.619. The molecule has 1 aliphatic heterocycles. The average Bonchev–Trinajstić information content (AvgIpc) is 2.98. The van der Waals surface area contributed by atoms with Crippen LogP contribution >= 0.6 is 12.2 Å². The molecule has 0 aliphatic carbocycles. The molecule has 1 aromatic heterocycles. The van der Waals surface area contributed by atoms with Crippen molar-refractivity contribution >= 4 is 23.8 Å². The molecule has 1 fully saturated rings. The molecule has 1 amide bonds. The molecule has 1 N–H and O–H groups in total. The summed E-state index contributed by atoms with van der Waals surface area (Å²) in [4.78, 5) is 17.0. The lowest BCUT2D eigenvalue weighted by Gasteiger charge is -2.24. The molecule has 0 bridgehead atoms. The minimum atomic E-state index is -0.238. The van der Waals surface area contributed by atoms with Crippen molar-refractivity contribution in [3.05, 3.63) is 64.7 Å². The largest absolute Gasteiger partial charge is 0.370 e. The molecule has 0 spiro atoms. The number of benzene rings is 2. The first-order valence-corrected chi connectivity index (χ1v) is 10.9. The molecule has 6 nitrogen and oxygen atoms in total. The van der Waals surface area contributed by atoms with Gasteiger partial charge in [0.15, 0.2) is 10.6 Å². The molecule has 4 rings (SSSR count). The first kappa shape index (κ1) is 21.2. The molecule has 8 heteroatoms. The molecule has 1 aliphatic rings. The topological polar surface area (TPSA) is 57.2 Å². The first-order valence-electron chi connectivity index (χ1n) is 10.5. The lowest BCUT2D eigenvalue weighted by Crippen LogP contribution is -2.35. The number of anilines is 1. The summed E-state index contributed by atoms with van der Waals surface area (Å²) in [7, 11) is 0. The molecule has 2 aromatic carbocycles. The van der Waals surface area contributed by atoms with Crippen molar-refractivity contribution in [2.45, 2.75) is 26.3 Å². The maximum Gasteiger partial charge on any atom is 0.224 e. The predicted octanol–water partition coefficient (Wildman–Crippen LogP) is 4.18. The average molecular weight is 440 g/mol. The fourth-order valence-corrected chi connectivity index (χ4v) is 4.11. The number of amides is 1. The number of nitrogens with one attached hydrogen (secondary N) is 1. The quantitative estimate of drug-likeness (QED) is 0.606. The normalized spacial score (nSPS) is 14.5. The third-order valence-corrected chi connectivity index (χ3v) is 5.97. The number of carbonyl (C=O) groups excluding carboxylic acids is 1. The van der Waals surface area contributed by atoms with Crippen molar-refractivity contribution in [2.75, 3.05) is 31.1 Å². The summed E-state index contributed by atoms with van der Waals surface area (Å²) >= 11 is 5.39. The second-order valence-corrected chi connectivity index (χ2v) is 8.20. The molecular formula is C23H26FN5OS. The first-order chi connectivity index (χ1) is 15.0. The Morgan fingerprint density at radius 2 is 1.81 bits per heavy atom. The van der Waals surface area contributed by atoms with Crippen LogP contribution in [0.15, 0.2) is 48.5 Å². The number of rotatable bonds is 5. The Hall–Kier alpha value is -3.00. The Kier molecular flexibility index (Phi) is 6.46. The summed E-state index contributed by atoms with van der Waals surface area (Å²) in [6.07, 6.45) is 1.24. The van der Waals surface area contributed by atoms with Crippen molar-refractivity contribution in [3.8, 4) is 11.4 Å². The number of aromatic nitrogens is 3. The predicted molar refractivity (Wildman–Crippen MR) is 122 cm³/mol. The van der Waals surface area contributed by atoms with Crippen molar-refractivity contribution in [1.29, 1.82) is 0 Å². The fourth-order valence-electron chi connectivity index (χ4n) is 3.89. The molecule has 1 saturated heterocycles. The van der Waals surface area contributed by atoms with Crippen molar-refractivity contribution in [3.63, 3.8) is 0 Å². The zero-order chi connectivity index (χ0) is 21.8. The summed E-state index contributed by atoms with van der Waals surface area (Å²) in [6.45, 7) is 5.47. The van der Waals surface area contributed by atoms with Crippen molar-refractivity contribution < 1.29 is 9.18 Å². The Morgan fingerprint density at radius 3 is 2.55 bits per heavy atom. The van der Waals surface area contributed by atoms with E-state index in [9.17, 15) is 9.18 Å². The van der Waals surface area contributed by atoms with Gasteiger partial charge in [-0.2, -0.15) is 5.10 Å². The van der Waals surface area contributed by atoms with Gasteiger partial charge in [-0.05, 0) is 49.8 Å². The Labute approximate surface area is 186 Å². The van der Waals surface area contributed by atoms with Crippen LogP contribution in [0.5, 0.6) is 0 Å². The van der Waals surface area contributed by atoms with Crippen molar-refractivity contribution in [1.82, 2.24) is 19.7 Å². The minimum absolute atomic E-state index is 0.110. The van der Waals surface area contributed by atoms with Crippen LogP contribution in [0, 0.1) is 17.5 Å². The Morgan fingerprint density at radius 1 is 1.06 bits per heavy atom. The van der Waals surface area contributed by atoms with Crippen LogP contribution in [0.2, 0.25) is 0 Å². The van der Waals surface area contributed by atoms with E-state index in [1.807, 2.05) is 40.7 Å². The van der Waals surface area contributed by atoms with Gasteiger partial charge in [0.05, 0.1) is 0 Å². The van der Waals surface area contributed by atoms with Gasteiger partial charge in [0, 0.05) is 50.4 Å². The molecule has 162 valence electrons. The lowest BCUT2D eigenvalue weighted by molar-refractivity contribution is -0.131. The lowest BCUT2D eigenvalue weighted by atomic mass is 10.1. The van der Waals surface area contributed by atoms with Gasteiger partial charge in [0.25, 0.3) is 0 Å². The van der Waals surface area contributed by atoms with E-state index in [0.29, 0.717) is 24.3 Å². The molecular weight excluding hydrogens is 413 g/mol. The van der Waals surface area contributed by atoms with Gasteiger partial charge in [-0.15, -0.1) is 0 Å². The summed E-state index contributed by atoms with van der Waals surface area (Å²) in [6, 6.07) is 14.6. The smallest absolute Gasteiger partial charge is 0.224 e. The highest BCUT2D eigenvalue weighted by Crippen LogP contribution is 2.20. The van der Waals surface area contributed by atoms with Crippen LogP contribution in [-0.4, -0.2) is 51.8 Å². The van der Waals surface area contributed by atoms with E-state index in [1.54, 1.807) is 12.1 Å². The molecule has 0 atom stereocenters. The maximum absolute atomic E-state index is 13.2. The molecule has 3 aromatic rings. The molecule has 2 heterocycles. The zero-order valence-corrected chi connectivity index (χ0v) is 18.4. The third-order valence-electron chi connectivity index (χ3n) is 5.66. The summed E-state index contributed by atoms with van der Waals surface area (Å²) < 4.78 is 15.6. The van der Waals surface area contributed by atoms with E-state index in [-0.39, 0.29) is 11.7 Å². The van der Waals surface area contributed by atoms with Crippen LogP contribution < -0.4 is 4.90 Å². The highest BCUT2D eigenvalue weighted by Gasteiger charge is 2.20. The number of aromatic amines is 1. The SMILES string of the molecule is Cc1ccc(-c2n[nH]c(=S)n2CCC(=O)N2CCCN(c3ccc(F)cc3)CC2)cc1. The van der Waals surface area contributed by atoms with Crippen LogP contribution in [0.25, 0.3) is 11.4 Å². The minimum Gasteiger partial charge on any atom is -0.370 e. The Balaban J connectivity index is 1.38. The van der Waals surface area contributed by atoms with Crippen LogP contribution in [0.3, 0.4) is 0 Å². The number of aryl methyl sites for hydroxylation is 1. The van der Waals surface area contributed by atoms with Crippen molar-refractivity contribution in [2.24, 2.45) is 0 Å². The fraction of sp³-hybridized carbons (Fsp3) is 0.348. The van der Waals surface area contributed by atoms with E-state index in [4.69, 9.17) is 12.2 Å². The van der Waals surface area contributed by atoms with Crippen LogP contribution in [-0.2, 0) is 11.3 Å². The molecule has 0 unspecified atom stereocenters. The Bertz CT molecular complexity index is 1090. The second kappa shape index (κ2) is 9.43. The van der Waals surface area contributed by atoms with Gasteiger partial charge in [-0.3, -0.25) is 14.5 Å². The molecule has 0 saturated carbocycles. The number of halogens is 1. The van der Waals surface area contributed by atoms with E-state index in [1.165, 1.54) is 17.7 Å². The third kappa shape index (κ3) is 5.02. The van der Waals surface area contributed by atoms with E-state index in [2.05, 4.69) is 15.1 Å². The van der Waals surface area contributed by atoms with Crippen LogP contribution in [0.4, 0.5) is 10.1 Å². The summed E-state index contributed by atoms with van der Waals surface area (Å²) in [5, 5.41) is 7.21. The standard InChI is InChI=1S/C23H26FN5OS/c1-17-3-5-18(6-4-17)22-25-26-23(31)29(22)14-11-21(30)28-13-2-12-27(15-16-28)20-9-7-19(24)8-10-20/h3-10H,2,11-16H2,1H3,(H,26,31). The van der Waals surface area contributed by atoms with Gasteiger partial charge >= 0.3 is 0 Å². The maximum atomic E-state index is 13.2. The van der Waals surface area contributed by atoms with Gasteiger partial charge < -0.3 is 9.80 Å². The van der Waals surface area contributed by atoms with E-state index >= 15 is 0 Å². The zero-order valence-electron chi connectivity index (χ0n) is 17.6. The number of nitrogens with zero attached hydrogens (tertiary/aromatic N) is 4. The van der Waals surface area contributed by atoms with Crippen LogP contribution in [0.1, 0.15) is 18.4 Å². The van der Waals surface area contributed by atoms with E-state index in [0.717, 1.165) is 43.1 Å². The molecule has 0 radical (unpaired) electrons.